The van der Waals surface area contributed by atoms with Gasteiger partial charge in [-0.2, -0.15) is 11.8 Å². The second kappa shape index (κ2) is 7.18. The Kier molecular flexibility index (Phi) is 6.00. The normalized spacial score (nSPS) is 19.6. The van der Waals surface area contributed by atoms with Crippen molar-refractivity contribution in [3.05, 3.63) is 31.8 Å². The van der Waals surface area contributed by atoms with E-state index in [1.165, 1.54) is 4.90 Å². The van der Waals surface area contributed by atoms with Gasteiger partial charge in [-0.15, -0.1) is 0 Å². The predicted molar refractivity (Wildman–Crippen MR) is 98.5 cm³/mol. The van der Waals surface area contributed by atoms with Gasteiger partial charge in [-0.1, -0.05) is 6.92 Å². The fraction of sp³-hybridized carbons (Fsp3) is 0.462. The zero-order valence-corrected chi connectivity index (χ0v) is 16.8. The Bertz CT molecular complexity index is 651. The van der Waals surface area contributed by atoms with Crippen LogP contribution in [0.25, 0.3) is 0 Å². The fourth-order valence-electron chi connectivity index (χ4n) is 2.12. The zero-order chi connectivity index (χ0) is 15.6. The third kappa shape index (κ3) is 3.94. The van der Waals surface area contributed by atoms with E-state index in [4.69, 9.17) is 0 Å². The Hall–Kier alpha value is 0.200. The Balaban J connectivity index is 2.37. The Labute approximate surface area is 151 Å². The van der Waals surface area contributed by atoms with Crippen molar-refractivity contribution < 1.29 is 13.2 Å². The average Bonchev–Trinajstić information content (AvgIpc) is 2.49. The van der Waals surface area contributed by atoms with Gasteiger partial charge in [-0.3, -0.25) is 4.79 Å². The van der Waals surface area contributed by atoms with Gasteiger partial charge < -0.3 is 4.90 Å². The van der Waals surface area contributed by atoms with Crippen LogP contribution in [0.2, 0.25) is 0 Å². The lowest BCUT2D eigenvalue weighted by Crippen LogP contribution is -2.50. The van der Waals surface area contributed by atoms with Gasteiger partial charge in [-0.05, 0) is 56.7 Å². The van der Waals surface area contributed by atoms with E-state index in [1.807, 2.05) is 12.1 Å². The SMILES string of the molecule is CCS(=O)(=O)C1CSCCN1C(=O)c1cc(I)ccc1Br. The highest BCUT2D eigenvalue weighted by atomic mass is 127. The van der Waals surface area contributed by atoms with Gasteiger partial charge in [-0.25, -0.2) is 8.42 Å². The molecule has 0 aliphatic carbocycles. The Morgan fingerprint density at radius 3 is 2.90 bits per heavy atom. The first-order valence-electron chi connectivity index (χ1n) is 6.42. The zero-order valence-electron chi connectivity index (χ0n) is 11.4. The van der Waals surface area contributed by atoms with Gasteiger partial charge in [0.2, 0.25) is 0 Å². The molecule has 116 valence electrons. The molecule has 1 unspecified atom stereocenters. The minimum absolute atomic E-state index is 0.0511. The van der Waals surface area contributed by atoms with Crippen molar-refractivity contribution in [2.75, 3.05) is 23.8 Å². The third-order valence-electron chi connectivity index (χ3n) is 3.32. The molecule has 1 aromatic carbocycles. The van der Waals surface area contributed by atoms with Crippen molar-refractivity contribution in [3.63, 3.8) is 0 Å². The van der Waals surface area contributed by atoms with E-state index in [2.05, 4.69) is 38.5 Å². The van der Waals surface area contributed by atoms with E-state index in [1.54, 1.807) is 24.8 Å². The van der Waals surface area contributed by atoms with Crippen molar-refractivity contribution in [1.82, 2.24) is 4.90 Å². The lowest BCUT2D eigenvalue weighted by atomic mass is 10.2. The highest BCUT2D eigenvalue weighted by Gasteiger charge is 2.36. The van der Waals surface area contributed by atoms with E-state index >= 15 is 0 Å². The molecule has 4 nitrogen and oxygen atoms in total. The molecule has 0 aromatic heterocycles. The lowest BCUT2D eigenvalue weighted by Gasteiger charge is -2.35. The summed E-state index contributed by atoms with van der Waals surface area (Å²) in [6.45, 7) is 2.09. The van der Waals surface area contributed by atoms with E-state index in [9.17, 15) is 13.2 Å². The van der Waals surface area contributed by atoms with Gasteiger partial charge in [0.25, 0.3) is 5.91 Å². The van der Waals surface area contributed by atoms with Crippen LogP contribution in [0.3, 0.4) is 0 Å². The number of halogens is 2. The molecule has 0 N–H and O–H groups in total. The van der Waals surface area contributed by atoms with E-state index in [0.29, 0.717) is 22.3 Å². The van der Waals surface area contributed by atoms with E-state index < -0.39 is 15.2 Å². The predicted octanol–water partition coefficient (Wildman–Crippen LogP) is 3.00. The molecule has 21 heavy (non-hydrogen) atoms. The van der Waals surface area contributed by atoms with Crippen LogP contribution in [0.1, 0.15) is 17.3 Å². The van der Waals surface area contributed by atoms with Crippen molar-refractivity contribution in [2.24, 2.45) is 0 Å². The second-order valence-electron chi connectivity index (χ2n) is 4.60. The molecule has 0 radical (unpaired) electrons. The smallest absolute Gasteiger partial charge is 0.256 e. The molecule has 1 heterocycles. The molecule has 1 aromatic rings. The van der Waals surface area contributed by atoms with Crippen molar-refractivity contribution in [3.8, 4) is 0 Å². The van der Waals surface area contributed by atoms with Crippen LogP contribution < -0.4 is 0 Å². The molecule has 1 fully saturated rings. The first kappa shape index (κ1) is 17.6. The summed E-state index contributed by atoms with van der Waals surface area (Å²) in [7, 11) is -3.28. The number of sulfone groups is 1. The maximum atomic E-state index is 12.8. The van der Waals surface area contributed by atoms with Crippen LogP contribution in [-0.2, 0) is 9.84 Å². The van der Waals surface area contributed by atoms with E-state index in [0.717, 1.165) is 9.32 Å². The van der Waals surface area contributed by atoms with Crippen LogP contribution in [0.4, 0.5) is 0 Å². The standard InChI is InChI=1S/C13H15BrINO3S2/c1-2-21(18,19)12-8-20-6-5-16(12)13(17)10-7-9(15)3-4-11(10)14/h3-4,7,12H,2,5-6,8H2,1H3. The summed E-state index contributed by atoms with van der Waals surface area (Å²) in [6.07, 6.45) is 0. The molecule has 0 bridgehead atoms. The van der Waals surface area contributed by atoms with Crippen molar-refractivity contribution >= 4 is 66.0 Å². The molecule has 0 saturated carbocycles. The topological polar surface area (TPSA) is 54.5 Å². The number of carbonyl (C=O) groups excluding carboxylic acids is 1. The highest BCUT2D eigenvalue weighted by Crippen LogP contribution is 2.27. The molecule has 1 saturated heterocycles. The molecular formula is C13H15BrINO3S2. The third-order valence-corrected chi connectivity index (χ3v) is 7.97. The summed E-state index contributed by atoms with van der Waals surface area (Å²) in [5.41, 5.74) is 0.519. The Morgan fingerprint density at radius 2 is 2.24 bits per heavy atom. The summed E-state index contributed by atoms with van der Waals surface area (Å²) in [6, 6.07) is 5.50. The molecule has 1 atom stereocenters. The maximum Gasteiger partial charge on any atom is 0.256 e. The van der Waals surface area contributed by atoms with Crippen molar-refractivity contribution in [2.45, 2.75) is 12.3 Å². The van der Waals surface area contributed by atoms with Crippen LogP contribution >= 0.6 is 50.3 Å². The van der Waals surface area contributed by atoms with Gasteiger partial charge >= 0.3 is 0 Å². The number of amides is 1. The van der Waals surface area contributed by atoms with Crippen LogP contribution in [0, 0.1) is 3.57 Å². The molecule has 0 spiro atoms. The number of benzene rings is 1. The number of nitrogens with zero attached hydrogens (tertiary/aromatic N) is 1. The molecular weight excluding hydrogens is 489 g/mol. The minimum atomic E-state index is -3.28. The molecule has 1 aliphatic rings. The van der Waals surface area contributed by atoms with Gasteiger partial charge in [0.1, 0.15) is 5.37 Å². The van der Waals surface area contributed by atoms with Crippen LogP contribution in [-0.4, -0.2) is 48.4 Å². The summed E-state index contributed by atoms with van der Waals surface area (Å²) >= 11 is 7.10. The number of carbonyl (C=O) groups is 1. The van der Waals surface area contributed by atoms with E-state index in [-0.39, 0.29) is 11.7 Å². The number of hydrogen-bond acceptors (Lipinski definition) is 4. The highest BCUT2D eigenvalue weighted by molar-refractivity contribution is 14.1. The fourth-order valence-corrected chi connectivity index (χ4v) is 5.99. The van der Waals surface area contributed by atoms with Crippen LogP contribution in [0.5, 0.6) is 0 Å². The summed E-state index contributed by atoms with van der Waals surface area (Å²) in [5, 5.41) is -0.724. The largest absolute Gasteiger partial charge is 0.320 e. The minimum Gasteiger partial charge on any atom is -0.320 e. The molecule has 2 rings (SSSR count). The molecule has 1 aliphatic heterocycles. The Morgan fingerprint density at radius 1 is 1.52 bits per heavy atom. The monoisotopic (exact) mass is 503 g/mol. The van der Waals surface area contributed by atoms with Gasteiger partial charge in [0.15, 0.2) is 9.84 Å². The summed E-state index contributed by atoms with van der Waals surface area (Å²) < 4.78 is 26.1. The first-order chi connectivity index (χ1) is 9.86. The number of rotatable bonds is 3. The molecule has 1 amide bonds. The summed E-state index contributed by atoms with van der Waals surface area (Å²) in [4.78, 5) is 14.3. The lowest BCUT2D eigenvalue weighted by molar-refractivity contribution is 0.0748. The quantitative estimate of drug-likeness (QED) is 0.595. The second-order valence-corrected chi connectivity index (χ2v) is 10.3. The van der Waals surface area contributed by atoms with Gasteiger partial charge in [0, 0.05) is 31.8 Å². The maximum absolute atomic E-state index is 12.8. The average molecular weight is 504 g/mol. The van der Waals surface area contributed by atoms with Crippen molar-refractivity contribution in [1.29, 1.82) is 0 Å². The number of hydrogen-bond donors (Lipinski definition) is 0. The molecule has 8 heteroatoms. The number of thioether (sulfide) groups is 1. The van der Waals surface area contributed by atoms with Crippen LogP contribution in [0.15, 0.2) is 22.7 Å². The van der Waals surface area contributed by atoms with Gasteiger partial charge in [0.05, 0.1) is 5.56 Å². The first-order valence-corrected chi connectivity index (χ1v) is 11.2. The summed E-state index contributed by atoms with van der Waals surface area (Å²) in [5.74, 6) is 1.05.